The van der Waals surface area contributed by atoms with Crippen LogP contribution < -0.4 is 15.4 Å². The van der Waals surface area contributed by atoms with Crippen molar-refractivity contribution in [3.05, 3.63) is 24.3 Å². The number of nitrogens with one attached hydrogen (secondary N) is 2. The van der Waals surface area contributed by atoms with Gasteiger partial charge in [-0.25, -0.2) is 0 Å². The fourth-order valence-electron chi connectivity index (χ4n) is 2.96. The summed E-state index contributed by atoms with van der Waals surface area (Å²) in [6.07, 6.45) is 6.31. The molecule has 116 valence electrons. The van der Waals surface area contributed by atoms with Gasteiger partial charge in [0, 0.05) is 6.04 Å². The molecule has 1 saturated carbocycles. The van der Waals surface area contributed by atoms with Gasteiger partial charge in [-0.2, -0.15) is 0 Å². The lowest BCUT2D eigenvalue weighted by molar-refractivity contribution is -0.115. The number of rotatable bonds is 5. The molecule has 21 heavy (non-hydrogen) atoms. The smallest absolute Gasteiger partial charge is 0.238 e. The number of para-hydroxylation sites is 2. The molecule has 2 N–H and O–H groups in total. The Morgan fingerprint density at radius 3 is 2.81 bits per heavy atom. The summed E-state index contributed by atoms with van der Waals surface area (Å²) in [5.41, 5.74) is 0.723. The second-order valence-corrected chi connectivity index (χ2v) is 5.85. The molecule has 1 aliphatic carbocycles. The van der Waals surface area contributed by atoms with Crippen molar-refractivity contribution in [3.63, 3.8) is 0 Å². The minimum Gasteiger partial charge on any atom is -0.495 e. The monoisotopic (exact) mass is 290 g/mol. The molecule has 1 aliphatic rings. The molecule has 0 bridgehead atoms. The SMILES string of the molecule is COc1ccccc1NC(=O)CNC1CCCCCC1C. The zero-order chi connectivity index (χ0) is 15.1. The molecule has 0 aliphatic heterocycles. The molecule has 0 aromatic heterocycles. The average molecular weight is 290 g/mol. The first-order chi connectivity index (χ1) is 10.2. The van der Waals surface area contributed by atoms with Crippen molar-refractivity contribution in [2.24, 2.45) is 5.92 Å². The predicted molar refractivity (Wildman–Crippen MR) is 85.7 cm³/mol. The van der Waals surface area contributed by atoms with Gasteiger partial charge in [-0.3, -0.25) is 4.79 Å². The zero-order valence-corrected chi connectivity index (χ0v) is 13.0. The van der Waals surface area contributed by atoms with Crippen molar-refractivity contribution < 1.29 is 9.53 Å². The summed E-state index contributed by atoms with van der Waals surface area (Å²) in [6.45, 7) is 2.63. The van der Waals surface area contributed by atoms with Crippen molar-refractivity contribution in [1.82, 2.24) is 5.32 Å². The molecule has 1 aromatic carbocycles. The fourth-order valence-corrected chi connectivity index (χ4v) is 2.96. The first-order valence-corrected chi connectivity index (χ1v) is 7.87. The quantitative estimate of drug-likeness (QED) is 0.819. The summed E-state index contributed by atoms with van der Waals surface area (Å²) in [5.74, 6) is 1.32. The van der Waals surface area contributed by atoms with E-state index >= 15 is 0 Å². The van der Waals surface area contributed by atoms with E-state index in [2.05, 4.69) is 17.6 Å². The standard InChI is InChI=1S/C17H26N2O2/c1-13-8-4-3-5-9-14(13)18-12-17(20)19-15-10-6-7-11-16(15)21-2/h6-7,10-11,13-14,18H,3-5,8-9,12H2,1-2H3,(H,19,20). The van der Waals surface area contributed by atoms with Gasteiger partial charge in [0.05, 0.1) is 19.3 Å². The Bertz CT molecular complexity index is 462. The lowest BCUT2D eigenvalue weighted by atomic mass is 9.97. The van der Waals surface area contributed by atoms with Crippen LogP contribution in [-0.4, -0.2) is 25.6 Å². The number of anilines is 1. The van der Waals surface area contributed by atoms with E-state index in [9.17, 15) is 4.79 Å². The number of ether oxygens (including phenoxy) is 1. The number of carbonyl (C=O) groups excluding carboxylic acids is 1. The van der Waals surface area contributed by atoms with Gasteiger partial charge < -0.3 is 15.4 Å². The lowest BCUT2D eigenvalue weighted by Gasteiger charge is -2.22. The van der Waals surface area contributed by atoms with E-state index in [1.54, 1.807) is 7.11 Å². The van der Waals surface area contributed by atoms with Gasteiger partial charge in [-0.15, -0.1) is 0 Å². The maximum absolute atomic E-state index is 12.1. The van der Waals surface area contributed by atoms with E-state index < -0.39 is 0 Å². The largest absolute Gasteiger partial charge is 0.495 e. The second-order valence-electron chi connectivity index (χ2n) is 5.85. The molecular formula is C17H26N2O2. The van der Waals surface area contributed by atoms with Gasteiger partial charge in [0.15, 0.2) is 0 Å². The highest BCUT2D eigenvalue weighted by molar-refractivity contribution is 5.93. The fraction of sp³-hybridized carbons (Fsp3) is 0.588. The maximum Gasteiger partial charge on any atom is 0.238 e. The summed E-state index contributed by atoms with van der Waals surface area (Å²) in [4.78, 5) is 12.1. The molecule has 0 spiro atoms. The minimum absolute atomic E-state index is 0.0176. The predicted octanol–water partition coefficient (Wildman–Crippen LogP) is 3.19. The van der Waals surface area contributed by atoms with E-state index in [1.165, 1.54) is 32.1 Å². The molecule has 1 fully saturated rings. The van der Waals surface area contributed by atoms with Gasteiger partial charge >= 0.3 is 0 Å². The number of benzene rings is 1. The number of carbonyl (C=O) groups is 1. The number of hydrogen-bond acceptors (Lipinski definition) is 3. The zero-order valence-electron chi connectivity index (χ0n) is 13.0. The van der Waals surface area contributed by atoms with Gasteiger partial charge in [-0.05, 0) is 30.9 Å². The lowest BCUT2D eigenvalue weighted by Crippen LogP contribution is -2.39. The highest BCUT2D eigenvalue weighted by Gasteiger charge is 2.20. The Morgan fingerprint density at radius 1 is 1.24 bits per heavy atom. The summed E-state index contributed by atoms with van der Waals surface area (Å²) in [7, 11) is 1.61. The summed E-state index contributed by atoms with van der Waals surface area (Å²) < 4.78 is 5.24. The van der Waals surface area contributed by atoms with Gasteiger partial charge in [0.2, 0.25) is 5.91 Å². The van der Waals surface area contributed by atoms with Crippen LogP contribution in [0.3, 0.4) is 0 Å². The molecule has 0 saturated heterocycles. The third kappa shape index (κ3) is 4.74. The molecule has 1 amide bonds. The molecule has 4 nitrogen and oxygen atoms in total. The van der Waals surface area contributed by atoms with Gasteiger partial charge in [0.1, 0.15) is 5.75 Å². The van der Waals surface area contributed by atoms with E-state index in [0.29, 0.717) is 24.3 Å². The highest BCUT2D eigenvalue weighted by Crippen LogP contribution is 2.24. The molecular weight excluding hydrogens is 264 g/mol. The second kappa shape index (κ2) is 8.03. The van der Waals surface area contributed by atoms with Crippen molar-refractivity contribution >= 4 is 11.6 Å². The van der Waals surface area contributed by atoms with Crippen LogP contribution in [-0.2, 0) is 4.79 Å². The van der Waals surface area contributed by atoms with E-state index in [-0.39, 0.29) is 5.91 Å². The van der Waals surface area contributed by atoms with E-state index in [0.717, 1.165) is 5.69 Å². The molecule has 0 heterocycles. The number of methoxy groups -OCH3 is 1. The Kier molecular flexibility index (Phi) is 6.05. The van der Waals surface area contributed by atoms with Crippen molar-refractivity contribution in [1.29, 1.82) is 0 Å². The van der Waals surface area contributed by atoms with Gasteiger partial charge in [-0.1, -0.05) is 38.3 Å². The van der Waals surface area contributed by atoms with Gasteiger partial charge in [0.25, 0.3) is 0 Å². The van der Waals surface area contributed by atoms with E-state index in [1.807, 2.05) is 24.3 Å². The molecule has 1 aromatic rings. The maximum atomic E-state index is 12.1. The molecule has 4 heteroatoms. The number of hydrogen-bond donors (Lipinski definition) is 2. The van der Waals surface area contributed by atoms with Crippen LogP contribution in [0.4, 0.5) is 5.69 Å². The Hall–Kier alpha value is -1.55. The van der Waals surface area contributed by atoms with Crippen LogP contribution in [0.1, 0.15) is 39.0 Å². The molecule has 2 rings (SSSR count). The highest BCUT2D eigenvalue weighted by atomic mass is 16.5. The Morgan fingerprint density at radius 2 is 2.00 bits per heavy atom. The van der Waals surface area contributed by atoms with Crippen molar-refractivity contribution in [2.75, 3.05) is 19.0 Å². The average Bonchev–Trinajstić information content (AvgIpc) is 2.70. The Labute approximate surface area is 127 Å². The van der Waals surface area contributed by atoms with E-state index in [4.69, 9.17) is 4.74 Å². The minimum atomic E-state index is -0.0176. The normalized spacial score (nSPS) is 22.4. The third-order valence-corrected chi connectivity index (χ3v) is 4.27. The Balaban J connectivity index is 1.84. The summed E-state index contributed by atoms with van der Waals surface area (Å²) in [5, 5.41) is 6.32. The number of amides is 1. The van der Waals surface area contributed by atoms with Crippen LogP contribution in [0.15, 0.2) is 24.3 Å². The van der Waals surface area contributed by atoms with Crippen LogP contribution in [0, 0.1) is 5.92 Å². The first-order valence-electron chi connectivity index (χ1n) is 7.87. The van der Waals surface area contributed by atoms with Crippen LogP contribution in [0.2, 0.25) is 0 Å². The first kappa shape index (κ1) is 15.8. The van der Waals surface area contributed by atoms with Crippen LogP contribution in [0.25, 0.3) is 0 Å². The summed E-state index contributed by atoms with van der Waals surface area (Å²) in [6, 6.07) is 7.93. The third-order valence-electron chi connectivity index (χ3n) is 4.27. The molecule has 2 unspecified atom stereocenters. The van der Waals surface area contributed by atoms with Crippen molar-refractivity contribution in [3.8, 4) is 5.75 Å². The van der Waals surface area contributed by atoms with Crippen LogP contribution >= 0.6 is 0 Å². The topological polar surface area (TPSA) is 50.4 Å². The molecule has 0 radical (unpaired) electrons. The molecule has 2 atom stereocenters. The van der Waals surface area contributed by atoms with Crippen molar-refractivity contribution in [2.45, 2.75) is 45.1 Å². The summed E-state index contributed by atoms with van der Waals surface area (Å²) >= 11 is 0. The van der Waals surface area contributed by atoms with Crippen LogP contribution in [0.5, 0.6) is 5.75 Å².